The van der Waals surface area contributed by atoms with Crippen LogP contribution in [0, 0.1) is 11.3 Å². The minimum atomic E-state index is -0.489. The molecule has 6 heteroatoms. The Hall–Kier alpha value is -1.86. The summed E-state index contributed by atoms with van der Waals surface area (Å²) in [4.78, 5) is 42.2. The summed E-state index contributed by atoms with van der Waals surface area (Å²) in [6.45, 7) is 0.207. The Morgan fingerprint density at radius 2 is 1.59 bits per heavy atom. The van der Waals surface area contributed by atoms with Crippen molar-refractivity contribution in [3.05, 3.63) is 0 Å². The molecule has 88 valence electrons. The first kappa shape index (κ1) is 11.6. The number of isocyanates is 3. The molecule has 2 aliphatic carbocycles. The highest BCUT2D eigenvalue weighted by molar-refractivity contribution is 5.38. The Kier molecular flexibility index (Phi) is 3.12. The second kappa shape index (κ2) is 4.56. The molecule has 2 fully saturated rings. The Morgan fingerprint density at radius 3 is 2.06 bits per heavy atom. The van der Waals surface area contributed by atoms with Gasteiger partial charge in [-0.1, -0.05) is 0 Å². The standard InChI is InChI=1S/C11H11N3O3/c15-5-12-4-11-3-8(1-9(11)13-6-16)2-10(11)14-7-17/h8-10H,1-4H2. The van der Waals surface area contributed by atoms with Crippen LogP contribution in [0.5, 0.6) is 0 Å². The lowest BCUT2D eigenvalue weighted by atomic mass is 9.76. The third-order valence-corrected chi connectivity index (χ3v) is 3.96. The molecule has 0 heterocycles. The van der Waals surface area contributed by atoms with E-state index in [9.17, 15) is 14.4 Å². The number of hydrogen-bond acceptors (Lipinski definition) is 6. The Bertz CT molecular complexity index is 429. The van der Waals surface area contributed by atoms with Gasteiger partial charge in [-0.15, -0.1) is 0 Å². The lowest BCUT2D eigenvalue weighted by Gasteiger charge is -2.34. The zero-order chi connectivity index (χ0) is 12.3. The third-order valence-electron chi connectivity index (χ3n) is 3.96. The van der Waals surface area contributed by atoms with Crippen molar-refractivity contribution in [2.75, 3.05) is 6.54 Å². The molecule has 0 aromatic carbocycles. The minimum Gasteiger partial charge on any atom is -0.211 e. The van der Waals surface area contributed by atoms with Gasteiger partial charge in [-0.05, 0) is 25.2 Å². The van der Waals surface area contributed by atoms with Crippen LogP contribution in [0.4, 0.5) is 0 Å². The maximum Gasteiger partial charge on any atom is 0.235 e. The van der Waals surface area contributed by atoms with Gasteiger partial charge in [0.1, 0.15) is 0 Å². The number of hydrogen-bond donors (Lipinski definition) is 0. The van der Waals surface area contributed by atoms with E-state index in [-0.39, 0.29) is 18.6 Å². The highest BCUT2D eigenvalue weighted by atomic mass is 16.1. The first-order chi connectivity index (χ1) is 8.26. The lowest BCUT2D eigenvalue weighted by Crippen LogP contribution is -2.41. The molecule has 0 amide bonds. The van der Waals surface area contributed by atoms with Crippen LogP contribution in [-0.4, -0.2) is 36.9 Å². The van der Waals surface area contributed by atoms with Crippen molar-refractivity contribution in [1.29, 1.82) is 0 Å². The molecule has 0 saturated heterocycles. The van der Waals surface area contributed by atoms with Crippen LogP contribution in [0.25, 0.3) is 0 Å². The summed E-state index contributed by atoms with van der Waals surface area (Å²) in [6, 6.07) is -0.504. The topological polar surface area (TPSA) is 88.3 Å². The number of carbonyl (C=O) groups excluding carboxylic acids is 3. The van der Waals surface area contributed by atoms with E-state index in [1.807, 2.05) is 0 Å². The van der Waals surface area contributed by atoms with Crippen LogP contribution >= 0.6 is 0 Å². The number of aliphatic imine (C=N–C) groups is 3. The molecule has 2 atom stereocenters. The van der Waals surface area contributed by atoms with Gasteiger partial charge in [0.15, 0.2) is 0 Å². The fraction of sp³-hybridized carbons (Fsp3) is 0.727. The first-order valence-corrected chi connectivity index (χ1v) is 5.44. The molecule has 0 aromatic rings. The molecule has 0 spiro atoms. The van der Waals surface area contributed by atoms with Crippen LogP contribution in [0.1, 0.15) is 19.3 Å². The average Bonchev–Trinajstić information content (AvgIpc) is 2.82. The molecule has 0 N–H and O–H groups in total. The van der Waals surface area contributed by atoms with Crippen molar-refractivity contribution in [1.82, 2.24) is 0 Å². The summed E-state index contributed by atoms with van der Waals surface area (Å²) >= 11 is 0. The summed E-state index contributed by atoms with van der Waals surface area (Å²) in [5.41, 5.74) is -0.489. The van der Waals surface area contributed by atoms with Gasteiger partial charge >= 0.3 is 0 Å². The molecule has 0 aliphatic heterocycles. The van der Waals surface area contributed by atoms with E-state index in [4.69, 9.17) is 0 Å². The largest absolute Gasteiger partial charge is 0.235 e. The van der Waals surface area contributed by atoms with E-state index in [0.29, 0.717) is 5.92 Å². The van der Waals surface area contributed by atoms with Gasteiger partial charge in [0, 0.05) is 5.41 Å². The summed E-state index contributed by atoms with van der Waals surface area (Å²) in [7, 11) is 0. The number of fused-ring (bicyclic) bond motifs is 2. The summed E-state index contributed by atoms with van der Waals surface area (Å²) in [5, 5.41) is 0. The van der Waals surface area contributed by atoms with Crippen LogP contribution in [0.2, 0.25) is 0 Å². The van der Waals surface area contributed by atoms with Crippen LogP contribution in [0.15, 0.2) is 15.0 Å². The van der Waals surface area contributed by atoms with Crippen molar-refractivity contribution < 1.29 is 14.4 Å². The van der Waals surface area contributed by atoms with E-state index in [0.717, 1.165) is 19.3 Å². The van der Waals surface area contributed by atoms with Crippen LogP contribution < -0.4 is 0 Å². The summed E-state index contributed by atoms with van der Waals surface area (Å²) < 4.78 is 0. The normalized spacial score (nSPS) is 37.8. The number of nitrogens with zero attached hydrogens (tertiary/aromatic N) is 3. The van der Waals surface area contributed by atoms with E-state index in [1.165, 1.54) is 6.08 Å². The second-order valence-corrected chi connectivity index (χ2v) is 4.65. The fourth-order valence-corrected chi connectivity index (χ4v) is 3.34. The van der Waals surface area contributed by atoms with Gasteiger partial charge in [-0.3, -0.25) is 0 Å². The predicted octanol–water partition coefficient (Wildman–Crippen LogP) is 0.531. The highest BCUT2D eigenvalue weighted by Crippen LogP contribution is 2.56. The SMILES string of the molecule is O=C=NCC12CC(CC1N=C=O)CC2N=C=O. The first-order valence-electron chi connectivity index (χ1n) is 5.44. The van der Waals surface area contributed by atoms with Crippen molar-refractivity contribution in [2.24, 2.45) is 26.3 Å². The quantitative estimate of drug-likeness (QED) is 0.524. The van der Waals surface area contributed by atoms with E-state index in [1.54, 1.807) is 12.2 Å². The van der Waals surface area contributed by atoms with Crippen molar-refractivity contribution in [3.63, 3.8) is 0 Å². The average molecular weight is 233 g/mol. The smallest absolute Gasteiger partial charge is 0.211 e. The van der Waals surface area contributed by atoms with Gasteiger partial charge < -0.3 is 0 Å². The summed E-state index contributed by atoms with van der Waals surface area (Å²) in [6.07, 6.45) is 6.92. The molecular formula is C11H11N3O3. The Morgan fingerprint density at radius 1 is 1.00 bits per heavy atom. The third kappa shape index (κ3) is 1.79. The van der Waals surface area contributed by atoms with Gasteiger partial charge in [-0.2, -0.15) is 0 Å². The molecule has 6 nitrogen and oxygen atoms in total. The van der Waals surface area contributed by atoms with E-state index < -0.39 is 5.41 Å². The zero-order valence-electron chi connectivity index (χ0n) is 9.13. The highest BCUT2D eigenvalue weighted by Gasteiger charge is 2.58. The maximum absolute atomic E-state index is 10.4. The molecular weight excluding hydrogens is 222 g/mol. The summed E-state index contributed by atoms with van der Waals surface area (Å²) in [5.74, 6) is 0.376. The van der Waals surface area contributed by atoms with Gasteiger partial charge in [0.05, 0.1) is 18.6 Å². The number of rotatable bonds is 4. The predicted molar refractivity (Wildman–Crippen MR) is 56.6 cm³/mol. The van der Waals surface area contributed by atoms with Crippen molar-refractivity contribution >= 4 is 18.2 Å². The molecule has 2 bridgehead atoms. The Balaban J connectivity index is 2.36. The Labute approximate surface area is 97.5 Å². The monoisotopic (exact) mass is 233 g/mol. The zero-order valence-corrected chi connectivity index (χ0v) is 9.13. The molecule has 0 radical (unpaired) electrons. The van der Waals surface area contributed by atoms with Crippen LogP contribution in [0.3, 0.4) is 0 Å². The molecule has 17 heavy (non-hydrogen) atoms. The van der Waals surface area contributed by atoms with Gasteiger partial charge in [0.2, 0.25) is 18.2 Å². The fourth-order valence-electron chi connectivity index (χ4n) is 3.34. The van der Waals surface area contributed by atoms with Crippen molar-refractivity contribution in [3.8, 4) is 0 Å². The van der Waals surface area contributed by atoms with Gasteiger partial charge in [-0.25, -0.2) is 29.4 Å². The maximum atomic E-state index is 10.4. The minimum absolute atomic E-state index is 0.207. The molecule has 2 unspecified atom stereocenters. The second-order valence-electron chi connectivity index (χ2n) is 4.65. The lowest BCUT2D eigenvalue weighted by molar-refractivity contribution is 0.225. The van der Waals surface area contributed by atoms with E-state index >= 15 is 0 Å². The van der Waals surface area contributed by atoms with E-state index in [2.05, 4.69) is 15.0 Å². The molecule has 0 aromatic heterocycles. The molecule has 2 aliphatic rings. The van der Waals surface area contributed by atoms with Crippen molar-refractivity contribution in [2.45, 2.75) is 31.3 Å². The van der Waals surface area contributed by atoms with Gasteiger partial charge in [0.25, 0.3) is 0 Å². The molecule has 2 saturated carbocycles. The molecule has 2 rings (SSSR count). The van der Waals surface area contributed by atoms with Crippen LogP contribution in [-0.2, 0) is 14.4 Å².